The SMILES string of the molecule is Cc1cccc(C(C)C)c1NC(=O)Cn1nc(C)c(C)c(C#N)c1=O. The Balaban J connectivity index is 2.33. The minimum Gasteiger partial charge on any atom is -0.324 e. The van der Waals surface area contributed by atoms with Crippen molar-refractivity contribution < 1.29 is 4.79 Å². The molecule has 0 unspecified atom stereocenters. The minimum absolute atomic E-state index is 0.0269. The number of rotatable bonds is 4. The van der Waals surface area contributed by atoms with E-state index in [1.54, 1.807) is 13.8 Å². The number of anilines is 1. The van der Waals surface area contributed by atoms with Gasteiger partial charge in [0.15, 0.2) is 0 Å². The van der Waals surface area contributed by atoms with Crippen molar-refractivity contribution in [2.75, 3.05) is 5.32 Å². The third kappa shape index (κ3) is 3.77. The predicted octanol–water partition coefficient (Wildman–Crippen LogP) is 2.80. The second kappa shape index (κ2) is 7.31. The van der Waals surface area contributed by atoms with Crippen LogP contribution in [-0.4, -0.2) is 15.7 Å². The normalized spacial score (nSPS) is 10.6. The Labute approximate surface area is 147 Å². The summed E-state index contributed by atoms with van der Waals surface area (Å²) in [5.41, 5.74) is 3.34. The number of carbonyl (C=O) groups excluding carboxylic acids is 1. The van der Waals surface area contributed by atoms with E-state index in [2.05, 4.69) is 24.3 Å². The Morgan fingerprint density at radius 3 is 2.60 bits per heavy atom. The number of hydrogen-bond acceptors (Lipinski definition) is 4. The molecule has 130 valence electrons. The molecule has 0 fully saturated rings. The molecule has 1 N–H and O–H groups in total. The van der Waals surface area contributed by atoms with Gasteiger partial charge in [-0.2, -0.15) is 10.4 Å². The third-order valence-electron chi connectivity index (χ3n) is 4.23. The minimum atomic E-state index is -0.547. The molecule has 1 heterocycles. The third-order valence-corrected chi connectivity index (χ3v) is 4.23. The van der Waals surface area contributed by atoms with Gasteiger partial charge >= 0.3 is 0 Å². The number of para-hydroxylation sites is 1. The van der Waals surface area contributed by atoms with Crippen LogP contribution in [0.25, 0.3) is 0 Å². The molecule has 25 heavy (non-hydrogen) atoms. The lowest BCUT2D eigenvalue weighted by Crippen LogP contribution is -2.32. The van der Waals surface area contributed by atoms with Gasteiger partial charge in [0.1, 0.15) is 18.2 Å². The molecular formula is C19H22N4O2. The van der Waals surface area contributed by atoms with E-state index in [0.29, 0.717) is 11.3 Å². The van der Waals surface area contributed by atoms with E-state index in [1.807, 2.05) is 31.2 Å². The molecule has 6 nitrogen and oxygen atoms in total. The smallest absolute Gasteiger partial charge is 0.285 e. The van der Waals surface area contributed by atoms with Crippen LogP contribution in [0.4, 0.5) is 5.69 Å². The summed E-state index contributed by atoms with van der Waals surface area (Å²) in [4.78, 5) is 24.8. The Hall–Kier alpha value is -2.94. The standard InChI is InChI=1S/C19H22N4O2/c1-11(2)15-8-6-7-12(3)18(15)21-17(24)10-23-19(25)16(9-20)13(4)14(5)22-23/h6-8,11H,10H2,1-5H3,(H,21,24). The number of nitrogens with one attached hydrogen (secondary N) is 1. The highest BCUT2D eigenvalue weighted by atomic mass is 16.2. The highest BCUT2D eigenvalue weighted by Crippen LogP contribution is 2.27. The number of amides is 1. The van der Waals surface area contributed by atoms with Crippen molar-refractivity contribution in [1.29, 1.82) is 5.26 Å². The maximum atomic E-state index is 12.5. The zero-order valence-corrected chi connectivity index (χ0v) is 15.2. The number of aromatic nitrogens is 2. The molecule has 0 aliphatic heterocycles. The monoisotopic (exact) mass is 338 g/mol. The van der Waals surface area contributed by atoms with Gasteiger partial charge in [-0.1, -0.05) is 32.0 Å². The molecule has 2 rings (SSSR count). The summed E-state index contributed by atoms with van der Waals surface area (Å²) in [6, 6.07) is 7.75. The van der Waals surface area contributed by atoms with Gasteiger partial charge in [-0.25, -0.2) is 4.68 Å². The van der Waals surface area contributed by atoms with Gasteiger partial charge in [-0.15, -0.1) is 0 Å². The van der Waals surface area contributed by atoms with Crippen molar-refractivity contribution >= 4 is 11.6 Å². The highest BCUT2D eigenvalue weighted by molar-refractivity contribution is 5.92. The molecule has 1 aromatic carbocycles. The number of nitrogens with zero attached hydrogens (tertiary/aromatic N) is 3. The van der Waals surface area contributed by atoms with Gasteiger partial charge in [0.25, 0.3) is 5.56 Å². The lowest BCUT2D eigenvalue weighted by Gasteiger charge is -2.17. The first-order valence-corrected chi connectivity index (χ1v) is 8.14. The zero-order chi connectivity index (χ0) is 18.7. The number of benzene rings is 1. The molecular weight excluding hydrogens is 316 g/mol. The maximum absolute atomic E-state index is 12.5. The number of hydrogen-bond donors (Lipinski definition) is 1. The van der Waals surface area contributed by atoms with Gasteiger partial charge in [-0.3, -0.25) is 9.59 Å². The van der Waals surface area contributed by atoms with Gasteiger partial charge in [-0.05, 0) is 43.4 Å². The van der Waals surface area contributed by atoms with Gasteiger partial charge in [0.05, 0.1) is 5.69 Å². The van der Waals surface area contributed by atoms with Crippen molar-refractivity contribution in [2.24, 2.45) is 0 Å². The van der Waals surface area contributed by atoms with Crippen LogP contribution in [0.2, 0.25) is 0 Å². The fourth-order valence-electron chi connectivity index (χ4n) is 2.67. The highest BCUT2D eigenvalue weighted by Gasteiger charge is 2.16. The van der Waals surface area contributed by atoms with Crippen LogP contribution >= 0.6 is 0 Å². The number of carbonyl (C=O) groups is 1. The lowest BCUT2D eigenvalue weighted by molar-refractivity contribution is -0.117. The first-order valence-electron chi connectivity index (χ1n) is 8.14. The number of nitriles is 1. The van der Waals surface area contributed by atoms with Crippen molar-refractivity contribution in [1.82, 2.24) is 9.78 Å². The molecule has 0 aliphatic rings. The van der Waals surface area contributed by atoms with Crippen LogP contribution < -0.4 is 10.9 Å². The van der Waals surface area contributed by atoms with Crippen LogP contribution in [0.3, 0.4) is 0 Å². The summed E-state index contributed by atoms with van der Waals surface area (Å²) in [7, 11) is 0. The molecule has 6 heteroatoms. The quantitative estimate of drug-likeness (QED) is 0.928. The lowest BCUT2D eigenvalue weighted by atomic mass is 9.98. The summed E-state index contributed by atoms with van der Waals surface area (Å²) in [6.45, 7) is 9.19. The van der Waals surface area contributed by atoms with Gasteiger partial charge < -0.3 is 5.32 Å². The molecule has 2 aromatic rings. The maximum Gasteiger partial charge on any atom is 0.285 e. The fraction of sp³-hybridized carbons (Fsp3) is 0.368. The Morgan fingerprint density at radius 2 is 2.00 bits per heavy atom. The van der Waals surface area contributed by atoms with Crippen LogP contribution in [-0.2, 0) is 11.3 Å². The van der Waals surface area contributed by atoms with Crippen molar-refractivity contribution in [2.45, 2.75) is 47.1 Å². The molecule has 0 spiro atoms. The Morgan fingerprint density at radius 1 is 1.32 bits per heavy atom. The molecule has 0 saturated heterocycles. The van der Waals surface area contributed by atoms with E-state index >= 15 is 0 Å². The predicted molar refractivity (Wildman–Crippen MR) is 96.6 cm³/mol. The van der Waals surface area contributed by atoms with E-state index in [9.17, 15) is 9.59 Å². The van der Waals surface area contributed by atoms with Crippen LogP contribution in [0, 0.1) is 32.1 Å². The average Bonchev–Trinajstić information content (AvgIpc) is 2.55. The van der Waals surface area contributed by atoms with Crippen LogP contribution in [0.1, 0.15) is 47.7 Å². The summed E-state index contributed by atoms with van der Waals surface area (Å²) < 4.78 is 1.05. The Kier molecular flexibility index (Phi) is 5.38. The van der Waals surface area contributed by atoms with E-state index in [1.165, 1.54) is 0 Å². The van der Waals surface area contributed by atoms with Crippen LogP contribution in [0.15, 0.2) is 23.0 Å². The van der Waals surface area contributed by atoms with Gasteiger partial charge in [0, 0.05) is 5.69 Å². The topological polar surface area (TPSA) is 87.8 Å². The summed E-state index contributed by atoms with van der Waals surface area (Å²) in [5.74, 6) is -0.0965. The van der Waals surface area contributed by atoms with E-state index in [-0.39, 0.29) is 23.9 Å². The fourth-order valence-corrected chi connectivity index (χ4v) is 2.67. The van der Waals surface area contributed by atoms with E-state index in [4.69, 9.17) is 5.26 Å². The average molecular weight is 338 g/mol. The van der Waals surface area contributed by atoms with Crippen molar-refractivity contribution in [3.05, 3.63) is 56.5 Å². The summed E-state index contributed by atoms with van der Waals surface area (Å²) in [6.07, 6.45) is 0. The van der Waals surface area contributed by atoms with Crippen molar-refractivity contribution in [3.63, 3.8) is 0 Å². The molecule has 1 amide bonds. The van der Waals surface area contributed by atoms with Gasteiger partial charge in [0.2, 0.25) is 5.91 Å². The second-order valence-corrected chi connectivity index (χ2v) is 6.40. The molecule has 0 aliphatic carbocycles. The molecule has 0 bridgehead atoms. The number of aryl methyl sites for hydroxylation is 2. The largest absolute Gasteiger partial charge is 0.324 e. The second-order valence-electron chi connectivity index (χ2n) is 6.40. The molecule has 0 radical (unpaired) electrons. The summed E-state index contributed by atoms with van der Waals surface area (Å²) in [5, 5.41) is 16.2. The summed E-state index contributed by atoms with van der Waals surface area (Å²) >= 11 is 0. The molecule has 0 atom stereocenters. The van der Waals surface area contributed by atoms with Crippen LogP contribution in [0.5, 0.6) is 0 Å². The first kappa shape index (κ1) is 18.4. The zero-order valence-electron chi connectivity index (χ0n) is 15.2. The van der Waals surface area contributed by atoms with Crippen molar-refractivity contribution in [3.8, 4) is 6.07 Å². The molecule has 1 aromatic heterocycles. The Bertz CT molecular complexity index is 920. The van der Waals surface area contributed by atoms with E-state index < -0.39 is 5.56 Å². The van der Waals surface area contributed by atoms with E-state index in [0.717, 1.165) is 21.5 Å². The first-order chi connectivity index (χ1) is 11.8. The molecule has 0 saturated carbocycles.